The summed E-state index contributed by atoms with van der Waals surface area (Å²) in [6.07, 6.45) is 5.28. The Morgan fingerprint density at radius 1 is 1.17 bits per heavy atom. The highest BCUT2D eigenvalue weighted by Crippen LogP contribution is 2.33. The summed E-state index contributed by atoms with van der Waals surface area (Å²) in [5.41, 5.74) is 2.62. The summed E-state index contributed by atoms with van der Waals surface area (Å²) in [4.78, 5) is 24.3. The number of anilines is 1. The van der Waals surface area contributed by atoms with Crippen molar-refractivity contribution in [2.24, 2.45) is 5.92 Å². The van der Waals surface area contributed by atoms with Gasteiger partial charge in [0, 0.05) is 17.3 Å². The summed E-state index contributed by atoms with van der Waals surface area (Å²) in [5, 5.41) is 4.61. The summed E-state index contributed by atoms with van der Waals surface area (Å²) in [6.45, 7) is 4.21. The van der Waals surface area contributed by atoms with E-state index in [2.05, 4.69) is 15.1 Å². The van der Waals surface area contributed by atoms with E-state index in [9.17, 15) is 4.79 Å². The van der Waals surface area contributed by atoms with Gasteiger partial charge in [-0.1, -0.05) is 31.4 Å². The van der Waals surface area contributed by atoms with Crippen LogP contribution < -0.4 is 9.64 Å². The van der Waals surface area contributed by atoms with E-state index in [1.807, 2.05) is 44.2 Å². The molecule has 0 bridgehead atoms. The number of rotatable bonds is 5. The second kappa shape index (κ2) is 8.19. The van der Waals surface area contributed by atoms with Crippen LogP contribution >= 0.6 is 0 Å². The van der Waals surface area contributed by atoms with E-state index in [0.29, 0.717) is 17.4 Å². The Morgan fingerprint density at radius 2 is 1.93 bits per heavy atom. The highest BCUT2D eigenvalue weighted by atomic mass is 16.5. The van der Waals surface area contributed by atoms with Crippen molar-refractivity contribution in [2.75, 3.05) is 12.0 Å². The summed E-state index contributed by atoms with van der Waals surface area (Å²) in [5.74, 6) is 1.95. The fourth-order valence-corrected chi connectivity index (χ4v) is 4.12. The number of nitrogens with zero attached hydrogens (tertiary/aromatic N) is 5. The van der Waals surface area contributed by atoms with Crippen molar-refractivity contribution in [2.45, 2.75) is 52.5 Å². The summed E-state index contributed by atoms with van der Waals surface area (Å²) in [7, 11) is 1.63. The van der Waals surface area contributed by atoms with Gasteiger partial charge in [-0.15, -0.1) is 5.10 Å². The van der Waals surface area contributed by atoms with Crippen molar-refractivity contribution < 1.29 is 9.53 Å². The predicted octanol–water partition coefficient (Wildman–Crippen LogP) is 3.86. The summed E-state index contributed by atoms with van der Waals surface area (Å²) < 4.78 is 7.27. The Labute approximate surface area is 170 Å². The summed E-state index contributed by atoms with van der Waals surface area (Å²) >= 11 is 0. The second-order valence-electron chi connectivity index (χ2n) is 7.71. The molecule has 7 nitrogen and oxygen atoms in total. The first-order valence-corrected chi connectivity index (χ1v) is 10.2. The molecule has 2 aromatic heterocycles. The van der Waals surface area contributed by atoms with Crippen LogP contribution in [0.25, 0.3) is 5.78 Å². The molecule has 1 saturated carbocycles. The van der Waals surface area contributed by atoms with E-state index in [-0.39, 0.29) is 18.4 Å². The maximum absolute atomic E-state index is 13.5. The van der Waals surface area contributed by atoms with Crippen molar-refractivity contribution >= 4 is 17.4 Å². The molecule has 1 amide bonds. The molecule has 4 rings (SSSR count). The quantitative estimate of drug-likeness (QED) is 0.658. The van der Waals surface area contributed by atoms with Gasteiger partial charge < -0.3 is 9.64 Å². The molecule has 0 radical (unpaired) electrons. The minimum atomic E-state index is 0.0350. The smallest absolute Gasteiger partial charge is 0.252 e. The van der Waals surface area contributed by atoms with Gasteiger partial charge in [-0.05, 0) is 44.9 Å². The SMILES string of the molecule is COc1ccccc1N(Cc1nc2nc(C)cc(C)n2n1)C(=O)C1CCCCC1. The van der Waals surface area contributed by atoms with Gasteiger partial charge in [0.05, 0.1) is 19.3 Å². The molecule has 152 valence electrons. The van der Waals surface area contributed by atoms with Gasteiger partial charge in [0.25, 0.3) is 5.78 Å². The van der Waals surface area contributed by atoms with Crippen LogP contribution in [0.4, 0.5) is 5.69 Å². The number of para-hydroxylation sites is 2. The van der Waals surface area contributed by atoms with E-state index < -0.39 is 0 Å². The van der Waals surface area contributed by atoms with Gasteiger partial charge in [0.2, 0.25) is 5.91 Å². The Balaban J connectivity index is 1.72. The highest BCUT2D eigenvalue weighted by Gasteiger charge is 2.29. The van der Waals surface area contributed by atoms with Gasteiger partial charge in [-0.25, -0.2) is 9.50 Å². The van der Waals surface area contributed by atoms with Crippen LogP contribution in [0.15, 0.2) is 30.3 Å². The molecule has 0 atom stereocenters. The Morgan fingerprint density at radius 3 is 2.69 bits per heavy atom. The maximum Gasteiger partial charge on any atom is 0.252 e. The maximum atomic E-state index is 13.5. The number of fused-ring (bicyclic) bond motifs is 1. The standard InChI is InChI=1S/C22H27N5O2/c1-15-13-16(2)27-22(23-15)24-20(25-27)14-26(18-11-7-8-12-19(18)29-3)21(28)17-9-5-4-6-10-17/h7-8,11-13,17H,4-6,9-10,14H2,1-3H3. The van der Waals surface area contributed by atoms with Crippen LogP contribution in [0, 0.1) is 19.8 Å². The molecule has 2 heterocycles. The first-order valence-electron chi connectivity index (χ1n) is 10.2. The van der Waals surface area contributed by atoms with Crippen LogP contribution in [-0.4, -0.2) is 32.6 Å². The molecule has 1 aliphatic carbocycles. The lowest BCUT2D eigenvalue weighted by atomic mass is 9.88. The van der Waals surface area contributed by atoms with Gasteiger partial charge in [0.1, 0.15) is 5.75 Å². The number of benzene rings is 1. The van der Waals surface area contributed by atoms with E-state index >= 15 is 0 Å². The number of carbonyl (C=O) groups excluding carboxylic acids is 1. The number of aromatic nitrogens is 4. The number of amides is 1. The van der Waals surface area contributed by atoms with Gasteiger partial charge in [-0.3, -0.25) is 4.79 Å². The van der Waals surface area contributed by atoms with Crippen molar-refractivity contribution in [3.05, 3.63) is 47.5 Å². The van der Waals surface area contributed by atoms with Crippen LogP contribution in [-0.2, 0) is 11.3 Å². The minimum Gasteiger partial charge on any atom is -0.495 e. The van der Waals surface area contributed by atoms with E-state index in [1.54, 1.807) is 16.5 Å². The number of hydrogen-bond donors (Lipinski definition) is 0. The molecule has 0 unspecified atom stereocenters. The third-order valence-electron chi connectivity index (χ3n) is 5.56. The molecule has 0 aliphatic heterocycles. The molecule has 0 spiro atoms. The van der Waals surface area contributed by atoms with E-state index in [0.717, 1.165) is 42.8 Å². The summed E-state index contributed by atoms with van der Waals surface area (Å²) in [6, 6.07) is 9.60. The molecule has 3 aromatic rings. The van der Waals surface area contributed by atoms with Crippen molar-refractivity contribution in [3.8, 4) is 5.75 Å². The minimum absolute atomic E-state index is 0.0350. The lowest BCUT2D eigenvalue weighted by Gasteiger charge is -2.29. The zero-order valence-electron chi connectivity index (χ0n) is 17.3. The lowest BCUT2D eigenvalue weighted by Crippen LogP contribution is -2.37. The lowest BCUT2D eigenvalue weighted by molar-refractivity contribution is -0.123. The van der Waals surface area contributed by atoms with Crippen LogP contribution in [0.3, 0.4) is 0 Å². The van der Waals surface area contributed by atoms with E-state index in [4.69, 9.17) is 4.74 Å². The average Bonchev–Trinajstić information content (AvgIpc) is 3.15. The number of aryl methyl sites for hydroxylation is 2. The fraction of sp³-hybridized carbons (Fsp3) is 0.455. The number of ether oxygens (including phenoxy) is 1. The Bertz CT molecular complexity index is 1020. The number of carbonyl (C=O) groups is 1. The highest BCUT2D eigenvalue weighted by molar-refractivity contribution is 5.96. The van der Waals surface area contributed by atoms with Crippen molar-refractivity contribution in [1.82, 2.24) is 19.6 Å². The molecule has 1 fully saturated rings. The van der Waals surface area contributed by atoms with Crippen molar-refractivity contribution in [1.29, 1.82) is 0 Å². The monoisotopic (exact) mass is 393 g/mol. The van der Waals surface area contributed by atoms with Crippen LogP contribution in [0.1, 0.15) is 49.3 Å². The topological polar surface area (TPSA) is 72.6 Å². The molecule has 7 heteroatoms. The third kappa shape index (κ3) is 3.95. The van der Waals surface area contributed by atoms with Crippen LogP contribution in [0.2, 0.25) is 0 Å². The third-order valence-corrected chi connectivity index (χ3v) is 5.56. The number of methoxy groups -OCH3 is 1. The molecule has 1 aromatic carbocycles. The Hall–Kier alpha value is -2.96. The van der Waals surface area contributed by atoms with Gasteiger partial charge in [0.15, 0.2) is 5.82 Å². The molecular formula is C22H27N5O2. The Kier molecular flexibility index (Phi) is 5.47. The average molecular weight is 393 g/mol. The molecule has 29 heavy (non-hydrogen) atoms. The first-order chi connectivity index (χ1) is 14.1. The zero-order chi connectivity index (χ0) is 20.4. The first kappa shape index (κ1) is 19.4. The normalized spacial score (nSPS) is 14.9. The van der Waals surface area contributed by atoms with Crippen LogP contribution in [0.5, 0.6) is 5.75 Å². The largest absolute Gasteiger partial charge is 0.495 e. The molecule has 1 aliphatic rings. The number of hydrogen-bond acceptors (Lipinski definition) is 5. The van der Waals surface area contributed by atoms with E-state index in [1.165, 1.54) is 6.42 Å². The second-order valence-corrected chi connectivity index (χ2v) is 7.71. The molecular weight excluding hydrogens is 366 g/mol. The molecule has 0 N–H and O–H groups in total. The van der Waals surface area contributed by atoms with Crippen molar-refractivity contribution in [3.63, 3.8) is 0 Å². The molecule has 0 saturated heterocycles. The predicted molar refractivity (Wildman–Crippen MR) is 111 cm³/mol. The zero-order valence-corrected chi connectivity index (χ0v) is 17.3. The van der Waals surface area contributed by atoms with Gasteiger partial charge >= 0.3 is 0 Å². The van der Waals surface area contributed by atoms with Gasteiger partial charge in [-0.2, -0.15) is 4.98 Å². The fourth-order valence-electron chi connectivity index (χ4n) is 4.12.